The van der Waals surface area contributed by atoms with E-state index in [-0.39, 0.29) is 11.7 Å². The molecule has 1 heterocycles. The molecule has 2 aromatic rings. The monoisotopic (exact) mass is 398 g/mol. The predicted molar refractivity (Wildman–Crippen MR) is 109 cm³/mol. The molecule has 1 fully saturated rings. The standard InChI is InChI=1S/C22H26N2O5/c1-2-28-21(25)22(18-7-4-3-5-8-18)11-13-23(14-12-22)15-16-29-20-10-6-9-19(17-20)24(26)27/h3-10,17H,2,11-16H2,1H3. The number of carbonyl (C=O) groups excluding carboxylic acids is 1. The highest BCUT2D eigenvalue weighted by Gasteiger charge is 2.44. The van der Waals surface area contributed by atoms with Crippen LogP contribution >= 0.6 is 0 Å². The van der Waals surface area contributed by atoms with Crippen LogP contribution in [0.3, 0.4) is 0 Å². The molecule has 0 bridgehead atoms. The molecule has 0 unspecified atom stereocenters. The molecule has 1 aliphatic heterocycles. The van der Waals surface area contributed by atoms with E-state index in [1.165, 1.54) is 12.1 Å². The Balaban J connectivity index is 1.57. The Hall–Kier alpha value is -2.93. The number of non-ortho nitro benzene ring substituents is 1. The van der Waals surface area contributed by atoms with Crippen LogP contribution in [0.4, 0.5) is 5.69 Å². The zero-order chi connectivity index (χ0) is 20.7. The molecule has 7 heteroatoms. The van der Waals surface area contributed by atoms with Crippen molar-refractivity contribution in [1.29, 1.82) is 0 Å². The van der Waals surface area contributed by atoms with Crippen LogP contribution in [0.1, 0.15) is 25.3 Å². The average Bonchev–Trinajstić information content (AvgIpc) is 2.75. The van der Waals surface area contributed by atoms with Gasteiger partial charge in [0.15, 0.2) is 0 Å². The lowest BCUT2D eigenvalue weighted by atomic mass is 9.72. The van der Waals surface area contributed by atoms with Gasteiger partial charge in [-0.15, -0.1) is 0 Å². The summed E-state index contributed by atoms with van der Waals surface area (Å²) >= 11 is 0. The van der Waals surface area contributed by atoms with Crippen LogP contribution in [0.5, 0.6) is 5.75 Å². The molecule has 154 valence electrons. The SMILES string of the molecule is CCOC(=O)C1(c2ccccc2)CCN(CCOc2cccc([N+](=O)[O-])c2)CC1. The summed E-state index contributed by atoms with van der Waals surface area (Å²) in [5.74, 6) is 0.333. The van der Waals surface area contributed by atoms with E-state index in [0.717, 1.165) is 18.7 Å². The summed E-state index contributed by atoms with van der Waals surface area (Å²) in [6, 6.07) is 16.0. The first-order valence-corrected chi connectivity index (χ1v) is 9.87. The topological polar surface area (TPSA) is 81.9 Å². The van der Waals surface area contributed by atoms with Gasteiger partial charge in [-0.05, 0) is 44.5 Å². The quantitative estimate of drug-likeness (QED) is 0.384. The number of hydrogen-bond donors (Lipinski definition) is 0. The second-order valence-electron chi connectivity index (χ2n) is 7.11. The lowest BCUT2D eigenvalue weighted by molar-refractivity contribution is -0.384. The van der Waals surface area contributed by atoms with Crippen LogP contribution in [0.2, 0.25) is 0 Å². The van der Waals surface area contributed by atoms with Crippen molar-refractivity contribution in [2.75, 3.05) is 32.8 Å². The molecule has 1 aliphatic rings. The summed E-state index contributed by atoms with van der Waals surface area (Å²) < 4.78 is 11.1. The molecule has 2 aromatic carbocycles. The van der Waals surface area contributed by atoms with Crippen molar-refractivity contribution >= 4 is 11.7 Å². The van der Waals surface area contributed by atoms with Crippen molar-refractivity contribution < 1.29 is 19.2 Å². The summed E-state index contributed by atoms with van der Waals surface area (Å²) in [6.45, 7) is 4.83. The first-order chi connectivity index (χ1) is 14.0. The number of piperidine rings is 1. The van der Waals surface area contributed by atoms with Gasteiger partial charge in [-0.2, -0.15) is 0 Å². The summed E-state index contributed by atoms with van der Waals surface area (Å²) in [7, 11) is 0. The van der Waals surface area contributed by atoms with Crippen molar-refractivity contribution in [3.63, 3.8) is 0 Å². The van der Waals surface area contributed by atoms with Crippen molar-refractivity contribution in [1.82, 2.24) is 4.90 Å². The average molecular weight is 398 g/mol. The highest BCUT2D eigenvalue weighted by molar-refractivity contribution is 5.83. The van der Waals surface area contributed by atoms with Gasteiger partial charge in [-0.1, -0.05) is 36.4 Å². The summed E-state index contributed by atoms with van der Waals surface area (Å²) in [5.41, 5.74) is 0.419. The van der Waals surface area contributed by atoms with Gasteiger partial charge in [-0.25, -0.2) is 0 Å². The van der Waals surface area contributed by atoms with Gasteiger partial charge in [-0.3, -0.25) is 19.8 Å². The highest BCUT2D eigenvalue weighted by atomic mass is 16.6. The first-order valence-electron chi connectivity index (χ1n) is 9.87. The largest absolute Gasteiger partial charge is 0.492 e. The number of rotatable bonds is 8. The fraction of sp³-hybridized carbons (Fsp3) is 0.409. The molecule has 0 atom stereocenters. The Morgan fingerprint density at radius 2 is 1.86 bits per heavy atom. The predicted octanol–water partition coefficient (Wildman–Crippen LogP) is 3.57. The van der Waals surface area contributed by atoms with Crippen molar-refractivity contribution in [3.05, 3.63) is 70.3 Å². The third kappa shape index (κ3) is 4.92. The van der Waals surface area contributed by atoms with Gasteiger partial charge in [0.2, 0.25) is 0 Å². The van der Waals surface area contributed by atoms with E-state index in [2.05, 4.69) is 4.90 Å². The lowest BCUT2D eigenvalue weighted by Crippen LogP contribution is -2.48. The molecule has 1 saturated heterocycles. The minimum atomic E-state index is -0.603. The van der Waals surface area contributed by atoms with Crippen LogP contribution in [-0.4, -0.2) is 48.6 Å². The van der Waals surface area contributed by atoms with E-state index in [9.17, 15) is 14.9 Å². The number of hydrogen-bond acceptors (Lipinski definition) is 6. The number of nitro groups is 1. The second kappa shape index (κ2) is 9.52. The zero-order valence-electron chi connectivity index (χ0n) is 16.6. The second-order valence-corrected chi connectivity index (χ2v) is 7.11. The summed E-state index contributed by atoms with van der Waals surface area (Å²) in [6.07, 6.45) is 1.37. The molecular formula is C22H26N2O5. The first kappa shape index (κ1) is 20.8. The number of carbonyl (C=O) groups is 1. The molecule has 0 N–H and O–H groups in total. The summed E-state index contributed by atoms with van der Waals surface area (Å²) in [5, 5.41) is 10.9. The summed E-state index contributed by atoms with van der Waals surface area (Å²) in [4.78, 5) is 25.5. The van der Waals surface area contributed by atoms with Gasteiger partial charge in [0.1, 0.15) is 12.4 Å². The molecule has 29 heavy (non-hydrogen) atoms. The third-order valence-corrected chi connectivity index (χ3v) is 5.41. The number of ether oxygens (including phenoxy) is 2. The van der Waals surface area contributed by atoms with Gasteiger partial charge >= 0.3 is 5.97 Å². The Bertz CT molecular complexity index is 832. The van der Waals surface area contributed by atoms with Gasteiger partial charge in [0.25, 0.3) is 5.69 Å². The van der Waals surface area contributed by atoms with Crippen LogP contribution < -0.4 is 4.74 Å². The Morgan fingerprint density at radius 3 is 2.52 bits per heavy atom. The lowest BCUT2D eigenvalue weighted by Gasteiger charge is -2.40. The molecule has 0 saturated carbocycles. The van der Waals surface area contributed by atoms with E-state index < -0.39 is 10.3 Å². The number of nitro benzene ring substituents is 1. The maximum atomic E-state index is 12.8. The molecule has 3 rings (SSSR count). The Morgan fingerprint density at radius 1 is 1.14 bits per heavy atom. The van der Waals surface area contributed by atoms with Crippen molar-refractivity contribution in [3.8, 4) is 5.75 Å². The number of esters is 1. The molecular weight excluding hydrogens is 372 g/mol. The molecule has 0 amide bonds. The smallest absolute Gasteiger partial charge is 0.316 e. The van der Waals surface area contributed by atoms with Crippen molar-refractivity contribution in [2.45, 2.75) is 25.2 Å². The fourth-order valence-corrected chi connectivity index (χ4v) is 3.77. The van der Waals surface area contributed by atoms with Crippen LogP contribution in [0, 0.1) is 10.1 Å². The Labute approximate surface area is 170 Å². The number of nitrogens with zero attached hydrogens (tertiary/aromatic N) is 2. The maximum absolute atomic E-state index is 12.8. The van der Waals surface area contributed by atoms with Crippen LogP contribution in [-0.2, 0) is 14.9 Å². The van der Waals surface area contributed by atoms with Gasteiger partial charge < -0.3 is 9.47 Å². The van der Waals surface area contributed by atoms with Gasteiger partial charge in [0, 0.05) is 12.6 Å². The fourth-order valence-electron chi connectivity index (χ4n) is 3.77. The minimum absolute atomic E-state index is 0.0163. The highest BCUT2D eigenvalue weighted by Crippen LogP contribution is 2.36. The van der Waals surface area contributed by atoms with E-state index in [4.69, 9.17) is 9.47 Å². The minimum Gasteiger partial charge on any atom is -0.492 e. The zero-order valence-corrected chi connectivity index (χ0v) is 16.6. The third-order valence-electron chi connectivity index (χ3n) is 5.41. The number of benzene rings is 2. The van der Waals surface area contributed by atoms with Crippen LogP contribution in [0.25, 0.3) is 0 Å². The van der Waals surface area contributed by atoms with E-state index >= 15 is 0 Å². The van der Waals surface area contributed by atoms with E-state index in [1.54, 1.807) is 12.1 Å². The molecule has 0 aromatic heterocycles. The normalized spacial score (nSPS) is 16.2. The van der Waals surface area contributed by atoms with E-state index in [0.29, 0.717) is 38.3 Å². The molecule has 0 spiro atoms. The van der Waals surface area contributed by atoms with Gasteiger partial charge in [0.05, 0.1) is 23.0 Å². The van der Waals surface area contributed by atoms with Crippen LogP contribution in [0.15, 0.2) is 54.6 Å². The Kier molecular flexibility index (Phi) is 6.82. The van der Waals surface area contributed by atoms with E-state index in [1.807, 2.05) is 37.3 Å². The molecule has 0 radical (unpaired) electrons. The number of likely N-dealkylation sites (tertiary alicyclic amines) is 1. The van der Waals surface area contributed by atoms with Crippen molar-refractivity contribution in [2.24, 2.45) is 0 Å². The molecule has 7 nitrogen and oxygen atoms in total. The maximum Gasteiger partial charge on any atom is 0.316 e. The molecule has 0 aliphatic carbocycles.